The molecule has 4 N–H and O–H groups in total. The van der Waals surface area contributed by atoms with Gasteiger partial charge in [-0.05, 0) is 57.2 Å². The summed E-state index contributed by atoms with van der Waals surface area (Å²) in [6, 6.07) is 5.33. The van der Waals surface area contributed by atoms with Crippen molar-refractivity contribution in [2.24, 2.45) is 0 Å². The number of halogens is 1. The van der Waals surface area contributed by atoms with Crippen molar-refractivity contribution in [3.05, 3.63) is 52.6 Å². The topological polar surface area (TPSA) is 135 Å². The maximum atomic E-state index is 13.4. The van der Waals surface area contributed by atoms with E-state index < -0.39 is 5.72 Å². The van der Waals surface area contributed by atoms with E-state index in [0.29, 0.717) is 41.0 Å². The van der Waals surface area contributed by atoms with Gasteiger partial charge in [-0.1, -0.05) is 23.1 Å². The van der Waals surface area contributed by atoms with Gasteiger partial charge in [0, 0.05) is 24.0 Å². The molecule has 1 amide bonds. The zero-order valence-corrected chi connectivity index (χ0v) is 20.6. The quantitative estimate of drug-likeness (QED) is 0.455. The number of carbonyl (C=O) groups is 1. The summed E-state index contributed by atoms with van der Waals surface area (Å²) in [5.41, 5.74) is 8.31. The summed E-state index contributed by atoms with van der Waals surface area (Å²) in [4.78, 5) is 28.5. The second kappa shape index (κ2) is 9.31. The first-order valence-corrected chi connectivity index (χ1v) is 11.9. The zero-order chi connectivity index (χ0) is 25.4. The van der Waals surface area contributed by atoms with Crippen LogP contribution < -0.4 is 11.3 Å². The van der Waals surface area contributed by atoms with Gasteiger partial charge >= 0.3 is 0 Å². The summed E-state index contributed by atoms with van der Waals surface area (Å²) < 4.78 is 1.48. The minimum atomic E-state index is -1.55. The molecule has 2 aliphatic rings. The maximum absolute atomic E-state index is 13.4. The first-order chi connectivity index (χ1) is 17.2. The van der Waals surface area contributed by atoms with Gasteiger partial charge in [0.15, 0.2) is 11.5 Å². The van der Waals surface area contributed by atoms with E-state index in [-0.39, 0.29) is 22.7 Å². The van der Waals surface area contributed by atoms with Crippen molar-refractivity contribution in [3.8, 4) is 17.7 Å². The molecule has 4 heterocycles. The normalized spacial score (nSPS) is 17.3. The molecule has 1 atom stereocenters. The fourth-order valence-corrected chi connectivity index (χ4v) is 4.27. The van der Waals surface area contributed by atoms with Crippen molar-refractivity contribution in [3.63, 3.8) is 0 Å². The van der Waals surface area contributed by atoms with Crippen LogP contribution in [0.3, 0.4) is 0 Å². The molecule has 12 heteroatoms. The van der Waals surface area contributed by atoms with Crippen molar-refractivity contribution in [2.75, 3.05) is 18.8 Å². The molecule has 0 bridgehead atoms. The molecule has 11 nitrogen and oxygen atoms in total. The Bertz CT molecular complexity index is 1430. The number of aromatic nitrogens is 4. The first-order valence-electron chi connectivity index (χ1n) is 11.5. The van der Waals surface area contributed by atoms with Crippen molar-refractivity contribution < 1.29 is 14.7 Å². The van der Waals surface area contributed by atoms with E-state index in [0.717, 1.165) is 19.3 Å². The number of hydrogen-bond donors (Lipinski definition) is 3. The highest BCUT2D eigenvalue weighted by atomic mass is 35.5. The highest BCUT2D eigenvalue weighted by molar-refractivity contribution is 6.32. The molecule has 5 rings (SSSR count). The van der Waals surface area contributed by atoms with Gasteiger partial charge in [0.2, 0.25) is 11.7 Å². The number of hydrazine groups is 1. The Kier molecular flexibility index (Phi) is 6.17. The number of nitrogens with zero attached hydrogens (tertiary/aromatic N) is 6. The van der Waals surface area contributed by atoms with Crippen molar-refractivity contribution >= 4 is 34.4 Å². The SMILES string of the molecule is CC1=CN([C@](C)(O)C#Cc2ccc3c(C(=O)N4CCCCC4)nn(-c4nc(N)ncc4Cl)c3c2)NO1. The molecule has 1 aromatic carbocycles. The minimum Gasteiger partial charge on any atom is -0.392 e. The fourth-order valence-electron chi connectivity index (χ4n) is 4.10. The Hall–Kier alpha value is -3.85. The van der Waals surface area contributed by atoms with Crippen LogP contribution in [0.1, 0.15) is 49.2 Å². The van der Waals surface area contributed by atoms with Gasteiger partial charge in [-0.3, -0.25) is 4.79 Å². The number of likely N-dealkylation sites (tertiary alicyclic amines) is 1. The van der Waals surface area contributed by atoms with E-state index in [1.54, 1.807) is 31.3 Å². The lowest BCUT2D eigenvalue weighted by atomic mass is 10.1. The third-order valence-corrected chi connectivity index (χ3v) is 6.27. The minimum absolute atomic E-state index is 0.0256. The zero-order valence-electron chi connectivity index (χ0n) is 19.8. The Morgan fingerprint density at radius 1 is 1.31 bits per heavy atom. The molecule has 2 aliphatic heterocycles. The molecule has 0 aliphatic carbocycles. The molecule has 0 radical (unpaired) electrons. The molecule has 0 saturated carbocycles. The lowest BCUT2D eigenvalue weighted by Gasteiger charge is -2.26. The summed E-state index contributed by atoms with van der Waals surface area (Å²) in [5, 5.41) is 17.6. The van der Waals surface area contributed by atoms with Gasteiger partial charge in [0.05, 0.1) is 17.9 Å². The Labute approximate surface area is 212 Å². The van der Waals surface area contributed by atoms with Crippen LogP contribution in [0.2, 0.25) is 5.02 Å². The van der Waals surface area contributed by atoms with Gasteiger partial charge in [-0.25, -0.2) is 14.7 Å². The van der Waals surface area contributed by atoms with E-state index in [1.807, 2.05) is 4.90 Å². The molecule has 3 aromatic rings. The number of hydrogen-bond acceptors (Lipinski definition) is 9. The number of carbonyl (C=O) groups excluding carboxylic acids is 1. The largest absolute Gasteiger partial charge is 0.392 e. The van der Waals surface area contributed by atoms with Crippen LogP contribution in [0, 0.1) is 11.8 Å². The molecule has 1 saturated heterocycles. The summed E-state index contributed by atoms with van der Waals surface area (Å²) >= 11 is 6.39. The molecular formula is C24H25ClN8O3. The van der Waals surface area contributed by atoms with Gasteiger partial charge in [0.1, 0.15) is 10.8 Å². The Balaban J connectivity index is 1.60. The van der Waals surface area contributed by atoms with E-state index in [4.69, 9.17) is 22.2 Å². The number of amides is 1. The summed E-state index contributed by atoms with van der Waals surface area (Å²) in [5.74, 6) is 6.53. The second-order valence-electron chi connectivity index (χ2n) is 8.82. The lowest BCUT2D eigenvalue weighted by Crippen LogP contribution is -2.46. The molecular weight excluding hydrogens is 484 g/mol. The standard InChI is InChI=1S/C24H25ClN8O3/c1-15-14-32(30-36-15)24(2,35)9-8-16-6-7-17-19(12-16)33(21-18(25)13-27-23(26)28-21)29-20(17)22(34)31-10-4-3-5-11-31/h6-7,12-14,30,35H,3-5,10-11H2,1-2H3,(H2,26,27,28)/t24-/m1/s1. The number of nitrogens with two attached hydrogens (primary N) is 1. The van der Waals surface area contributed by atoms with E-state index >= 15 is 0 Å². The maximum Gasteiger partial charge on any atom is 0.275 e. The van der Waals surface area contributed by atoms with Crippen LogP contribution in [-0.2, 0) is 4.84 Å². The van der Waals surface area contributed by atoms with Gasteiger partial charge in [0.25, 0.3) is 5.91 Å². The van der Waals surface area contributed by atoms with E-state index in [2.05, 4.69) is 32.5 Å². The van der Waals surface area contributed by atoms with Crippen molar-refractivity contribution in [2.45, 2.75) is 38.8 Å². The van der Waals surface area contributed by atoms with Crippen LogP contribution in [0.4, 0.5) is 5.95 Å². The summed E-state index contributed by atoms with van der Waals surface area (Å²) in [7, 11) is 0. The third kappa shape index (κ3) is 4.54. The number of nitrogen functional groups attached to an aromatic ring is 1. The molecule has 0 unspecified atom stereocenters. The molecule has 2 aromatic heterocycles. The summed E-state index contributed by atoms with van der Waals surface area (Å²) in [6.07, 6.45) is 6.02. The molecule has 1 fully saturated rings. The number of allylic oxidation sites excluding steroid dienone is 1. The van der Waals surface area contributed by atoms with Gasteiger partial charge in [-0.2, -0.15) is 10.1 Å². The molecule has 36 heavy (non-hydrogen) atoms. The van der Waals surface area contributed by atoms with E-state index in [9.17, 15) is 9.90 Å². The molecule has 186 valence electrons. The summed E-state index contributed by atoms with van der Waals surface area (Å²) in [6.45, 7) is 4.66. The van der Waals surface area contributed by atoms with Crippen LogP contribution >= 0.6 is 11.6 Å². The number of rotatable bonds is 3. The number of fused-ring (bicyclic) bond motifs is 1. The average molecular weight is 509 g/mol. The Morgan fingerprint density at radius 3 is 2.81 bits per heavy atom. The lowest BCUT2D eigenvalue weighted by molar-refractivity contribution is -0.105. The highest BCUT2D eigenvalue weighted by Crippen LogP contribution is 2.28. The number of anilines is 1. The number of aliphatic hydroxyl groups is 1. The third-order valence-electron chi connectivity index (χ3n) is 6.00. The monoisotopic (exact) mass is 508 g/mol. The van der Waals surface area contributed by atoms with Gasteiger partial charge in [-0.15, -0.1) is 0 Å². The predicted molar refractivity (Wildman–Crippen MR) is 133 cm³/mol. The fraction of sp³-hybridized carbons (Fsp3) is 0.333. The molecule has 0 spiro atoms. The van der Waals surface area contributed by atoms with Crippen LogP contribution in [0.15, 0.2) is 36.4 Å². The van der Waals surface area contributed by atoms with E-state index in [1.165, 1.54) is 22.8 Å². The van der Waals surface area contributed by atoms with Crippen molar-refractivity contribution in [1.29, 1.82) is 0 Å². The average Bonchev–Trinajstić information content (AvgIpc) is 3.48. The Morgan fingerprint density at radius 2 is 2.08 bits per heavy atom. The smallest absolute Gasteiger partial charge is 0.275 e. The highest BCUT2D eigenvalue weighted by Gasteiger charge is 2.29. The van der Waals surface area contributed by atoms with Crippen LogP contribution in [-0.4, -0.2) is 59.5 Å². The van der Waals surface area contributed by atoms with Crippen LogP contribution in [0.5, 0.6) is 0 Å². The number of nitrogens with one attached hydrogen (secondary N) is 1. The number of piperidine rings is 1. The predicted octanol–water partition coefficient (Wildman–Crippen LogP) is 2.35. The first kappa shape index (κ1) is 23.9. The second-order valence-corrected chi connectivity index (χ2v) is 9.23. The van der Waals surface area contributed by atoms with Crippen LogP contribution in [0.25, 0.3) is 16.7 Å². The number of benzene rings is 1. The van der Waals surface area contributed by atoms with Gasteiger partial charge < -0.3 is 20.6 Å². The van der Waals surface area contributed by atoms with Crippen molar-refractivity contribution in [1.82, 2.24) is 35.2 Å².